The molecule has 10 nitrogen and oxygen atoms in total. The Morgan fingerprint density at radius 1 is 0.554 bits per heavy atom. The molecule has 2 aliphatic heterocycles. The molecule has 2 aromatic heterocycles. The fourth-order valence-corrected chi connectivity index (χ4v) is 7.74. The van der Waals surface area contributed by atoms with Gasteiger partial charge in [-0.3, -0.25) is 28.5 Å². The molecule has 0 spiro atoms. The van der Waals surface area contributed by atoms with Crippen molar-refractivity contribution in [3.63, 3.8) is 0 Å². The van der Waals surface area contributed by atoms with E-state index in [0.717, 1.165) is 65.4 Å². The van der Waals surface area contributed by atoms with Crippen molar-refractivity contribution < 1.29 is 0 Å². The molecule has 6 aromatic rings. The molecule has 1 N–H and O–H groups in total. The largest absolute Gasteiger partial charge is 0.331 e. The van der Waals surface area contributed by atoms with Crippen LogP contribution in [0.15, 0.2) is 128 Å². The summed E-state index contributed by atoms with van der Waals surface area (Å²) < 4.78 is 4.35. The lowest BCUT2D eigenvalue weighted by atomic mass is 10.1. The summed E-state index contributed by atoms with van der Waals surface area (Å²) in [7, 11) is 1.78. The Morgan fingerprint density at radius 2 is 1.04 bits per heavy atom. The predicted molar refractivity (Wildman–Crippen MR) is 223 cm³/mol. The number of aryl methyl sites for hydroxylation is 2. The van der Waals surface area contributed by atoms with Crippen molar-refractivity contribution in [2.75, 3.05) is 13.1 Å². The third kappa shape index (κ3) is 9.16. The van der Waals surface area contributed by atoms with E-state index in [1.54, 1.807) is 11.6 Å². The minimum absolute atomic E-state index is 0. The fourth-order valence-electron chi connectivity index (χ4n) is 7.74. The second-order valence-corrected chi connectivity index (χ2v) is 14.8. The first-order valence-corrected chi connectivity index (χ1v) is 18.9. The highest BCUT2D eigenvalue weighted by Gasteiger charge is 2.25. The quantitative estimate of drug-likeness (QED) is 0.219. The van der Waals surface area contributed by atoms with Crippen molar-refractivity contribution in [3.8, 4) is 0 Å². The zero-order valence-electron chi connectivity index (χ0n) is 31.8. The predicted octanol–water partition coefficient (Wildman–Crippen LogP) is 5.55. The summed E-state index contributed by atoms with van der Waals surface area (Å²) >= 11 is 0. The smallest absolute Gasteiger partial charge is 0.311 e. The van der Waals surface area contributed by atoms with Crippen LogP contribution in [0, 0.1) is 13.8 Å². The van der Waals surface area contributed by atoms with Crippen LogP contribution in [0.3, 0.4) is 0 Å². The minimum Gasteiger partial charge on any atom is -0.311 e. The van der Waals surface area contributed by atoms with Crippen LogP contribution in [0.5, 0.6) is 0 Å². The van der Waals surface area contributed by atoms with Gasteiger partial charge in [-0.25, -0.2) is 9.59 Å². The van der Waals surface area contributed by atoms with E-state index < -0.39 is 0 Å². The van der Waals surface area contributed by atoms with E-state index in [-0.39, 0.29) is 29.9 Å². The molecule has 0 fully saturated rings. The normalized spacial score (nSPS) is 13.8. The van der Waals surface area contributed by atoms with E-state index in [2.05, 4.69) is 39.0 Å². The highest BCUT2D eigenvalue weighted by atomic mass is 16.2. The Bertz CT molecular complexity index is 2540. The van der Waals surface area contributed by atoms with Gasteiger partial charge in [0.05, 0.1) is 24.2 Å². The average molecular weight is 753 g/mol. The number of nitrogens with zero attached hydrogens (tertiary/aromatic N) is 5. The van der Waals surface area contributed by atoms with Crippen molar-refractivity contribution in [1.82, 2.24) is 28.5 Å². The molecular weight excluding hydrogens is 701 g/mol. The summed E-state index contributed by atoms with van der Waals surface area (Å²) in [5, 5.41) is 0. The van der Waals surface area contributed by atoms with Gasteiger partial charge in [-0.1, -0.05) is 128 Å². The second-order valence-electron chi connectivity index (χ2n) is 14.8. The molecule has 290 valence electrons. The van der Waals surface area contributed by atoms with Gasteiger partial charge in [0, 0.05) is 70.5 Å². The molecule has 56 heavy (non-hydrogen) atoms. The number of aromatic nitrogens is 4. The molecule has 0 unspecified atom stereocenters. The van der Waals surface area contributed by atoms with E-state index in [9.17, 15) is 19.2 Å². The highest BCUT2D eigenvalue weighted by molar-refractivity contribution is 5.27. The van der Waals surface area contributed by atoms with Gasteiger partial charge >= 0.3 is 11.4 Å². The van der Waals surface area contributed by atoms with E-state index in [4.69, 9.17) is 0 Å². The first kappa shape index (κ1) is 39.8. The van der Waals surface area contributed by atoms with Gasteiger partial charge in [-0.2, -0.15) is 0 Å². The second kappa shape index (κ2) is 17.7. The van der Waals surface area contributed by atoms with Gasteiger partial charge in [0.25, 0.3) is 11.1 Å². The number of rotatable bonds is 8. The van der Waals surface area contributed by atoms with E-state index >= 15 is 0 Å². The summed E-state index contributed by atoms with van der Waals surface area (Å²) in [6, 6.07) is 36.4. The van der Waals surface area contributed by atoms with Crippen LogP contribution in [0.1, 0.15) is 63.3 Å². The van der Waals surface area contributed by atoms with Crippen molar-refractivity contribution in [1.29, 1.82) is 0 Å². The van der Waals surface area contributed by atoms with Crippen molar-refractivity contribution in [2.45, 2.75) is 73.4 Å². The van der Waals surface area contributed by atoms with E-state index in [0.29, 0.717) is 44.6 Å². The molecule has 0 saturated heterocycles. The van der Waals surface area contributed by atoms with Gasteiger partial charge in [0.15, 0.2) is 0 Å². The van der Waals surface area contributed by atoms with Crippen LogP contribution < -0.4 is 22.5 Å². The van der Waals surface area contributed by atoms with Gasteiger partial charge in [-0.05, 0) is 36.1 Å². The SMILES string of the molecule is C.Cc1cccc(Cn2c(=O)[nH]c3c(c2=O)CN(Cc2ccccc2)CC3)c1.Cc1cccc(Cn2c(=O)c3c(n(C)c2=O)CCN(Cc2ccccc2)C3)c1. The maximum absolute atomic E-state index is 13.2. The number of nitrogens with one attached hydrogen (secondary N) is 1. The molecule has 4 heterocycles. The molecule has 0 saturated carbocycles. The lowest BCUT2D eigenvalue weighted by molar-refractivity contribution is 0.237. The molecule has 10 heteroatoms. The molecule has 0 radical (unpaired) electrons. The van der Waals surface area contributed by atoms with Crippen LogP contribution in [-0.4, -0.2) is 41.6 Å². The Labute approximate surface area is 328 Å². The van der Waals surface area contributed by atoms with Crippen LogP contribution >= 0.6 is 0 Å². The molecule has 2 aliphatic rings. The van der Waals surface area contributed by atoms with Crippen molar-refractivity contribution in [3.05, 3.63) is 207 Å². The number of hydrogen-bond donors (Lipinski definition) is 1. The van der Waals surface area contributed by atoms with Crippen molar-refractivity contribution >= 4 is 0 Å². The van der Waals surface area contributed by atoms with Gasteiger partial charge in [0.2, 0.25) is 0 Å². The maximum atomic E-state index is 13.2. The first-order chi connectivity index (χ1) is 26.6. The Hall–Kier alpha value is -5.84. The van der Waals surface area contributed by atoms with Crippen LogP contribution in [0.2, 0.25) is 0 Å². The molecular formula is C46H52N6O4. The maximum Gasteiger partial charge on any atom is 0.331 e. The Balaban J connectivity index is 0.000000187. The van der Waals surface area contributed by atoms with Crippen LogP contribution in [-0.2, 0) is 59.2 Å². The molecule has 0 amide bonds. The lowest BCUT2D eigenvalue weighted by Crippen LogP contribution is -2.47. The summed E-state index contributed by atoms with van der Waals surface area (Å²) in [6.07, 6.45) is 1.41. The van der Waals surface area contributed by atoms with Gasteiger partial charge in [0.1, 0.15) is 0 Å². The number of fused-ring (bicyclic) bond motifs is 2. The summed E-state index contributed by atoms with van der Waals surface area (Å²) in [6.45, 7) is 9.04. The third-order valence-electron chi connectivity index (χ3n) is 10.6. The molecule has 8 rings (SSSR count). The molecule has 4 aromatic carbocycles. The average Bonchev–Trinajstić information content (AvgIpc) is 3.19. The molecule has 0 aliphatic carbocycles. The van der Waals surface area contributed by atoms with Crippen molar-refractivity contribution in [2.24, 2.45) is 7.05 Å². The summed E-state index contributed by atoms with van der Waals surface area (Å²) in [5.41, 5.74) is 8.86. The van der Waals surface area contributed by atoms with Crippen LogP contribution in [0.4, 0.5) is 0 Å². The number of H-pyrrole nitrogens is 1. The number of hydrogen-bond acceptors (Lipinski definition) is 6. The van der Waals surface area contributed by atoms with E-state index in [1.807, 2.05) is 98.8 Å². The third-order valence-corrected chi connectivity index (χ3v) is 10.6. The standard InChI is InChI=1S/C23H25N3O2.C22H23N3O2.CH4/c1-17-7-6-10-19(13-17)15-26-22(27)20-16-25(14-18-8-4-3-5-9-18)12-11-21(20)24(2)23(26)28;1-16-6-5-9-18(12-16)14-25-21(26)19-15-24(11-10-20(19)23-22(25)27)13-17-7-3-2-4-8-17;/h3-10,13H,11-12,14-16H2,1-2H3;2-9,12H,10-11,13-15H2,1H3,(H,23,27);1H4. The number of aromatic amines is 1. The lowest BCUT2D eigenvalue weighted by Gasteiger charge is -2.30. The first-order valence-electron chi connectivity index (χ1n) is 18.9. The molecule has 0 atom stereocenters. The monoisotopic (exact) mass is 752 g/mol. The fraction of sp³-hybridized carbons (Fsp3) is 0.304. The van der Waals surface area contributed by atoms with Crippen LogP contribution in [0.25, 0.3) is 0 Å². The Kier molecular flexibility index (Phi) is 12.6. The highest BCUT2D eigenvalue weighted by Crippen LogP contribution is 2.18. The summed E-state index contributed by atoms with van der Waals surface area (Å²) in [4.78, 5) is 59.0. The van der Waals surface area contributed by atoms with Gasteiger partial charge in [-0.15, -0.1) is 0 Å². The zero-order valence-corrected chi connectivity index (χ0v) is 31.8. The van der Waals surface area contributed by atoms with Gasteiger partial charge < -0.3 is 9.55 Å². The van der Waals surface area contributed by atoms with E-state index in [1.165, 1.54) is 20.3 Å². The molecule has 0 bridgehead atoms. The minimum atomic E-state index is -0.322. The summed E-state index contributed by atoms with van der Waals surface area (Å²) in [5.74, 6) is 0. The number of benzene rings is 4. The zero-order chi connectivity index (χ0) is 38.5. The Morgan fingerprint density at radius 3 is 1.59 bits per heavy atom. The topological polar surface area (TPSA) is 105 Å².